The number of nitrogens with zero attached hydrogens (tertiary/aromatic N) is 4. The normalized spacial score (nSPS) is 16.6. The van der Waals surface area contributed by atoms with Crippen molar-refractivity contribution < 1.29 is 14.5 Å². The lowest BCUT2D eigenvalue weighted by Crippen LogP contribution is -2.43. The van der Waals surface area contributed by atoms with Gasteiger partial charge in [-0.1, -0.05) is 30.3 Å². The molecule has 1 aliphatic heterocycles. The fourth-order valence-corrected chi connectivity index (χ4v) is 3.59. The summed E-state index contributed by atoms with van der Waals surface area (Å²) in [6.45, 7) is 6.74. The average Bonchev–Trinajstić information content (AvgIpc) is 3.12. The molecule has 28 heavy (non-hydrogen) atoms. The molecular weight excluding hydrogens is 360 g/mol. The van der Waals surface area contributed by atoms with Crippen molar-refractivity contribution >= 4 is 11.8 Å². The van der Waals surface area contributed by atoms with Gasteiger partial charge in [0.15, 0.2) is 0 Å². The Morgan fingerprint density at radius 1 is 1.25 bits per heavy atom. The quantitative estimate of drug-likeness (QED) is 0.584. The van der Waals surface area contributed by atoms with E-state index in [0.717, 1.165) is 18.4 Å². The summed E-state index contributed by atoms with van der Waals surface area (Å²) in [4.78, 5) is 24.7. The van der Waals surface area contributed by atoms with Crippen LogP contribution in [0.2, 0.25) is 0 Å². The van der Waals surface area contributed by atoms with Crippen molar-refractivity contribution in [2.24, 2.45) is 5.92 Å². The van der Waals surface area contributed by atoms with Gasteiger partial charge in [-0.25, -0.2) is 4.79 Å². The topological polar surface area (TPSA) is 90.5 Å². The molecular formula is C20H26N4O4. The van der Waals surface area contributed by atoms with Crippen LogP contribution in [0.15, 0.2) is 42.7 Å². The number of carbonyl (C=O) groups is 1. The van der Waals surface area contributed by atoms with E-state index in [0.29, 0.717) is 13.1 Å². The number of ether oxygens (including phenoxy) is 1. The number of aromatic nitrogens is 2. The molecule has 8 heteroatoms. The third kappa shape index (κ3) is 4.68. The lowest BCUT2D eigenvalue weighted by Gasteiger charge is -2.36. The first-order valence-corrected chi connectivity index (χ1v) is 9.46. The maximum absolute atomic E-state index is 12.3. The zero-order chi connectivity index (χ0) is 20.3. The first-order chi connectivity index (χ1) is 13.2. The monoisotopic (exact) mass is 386 g/mol. The Morgan fingerprint density at radius 3 is 2.43 bits per heavy atom. The Hall–Kier alpha value is -2.90. The highest BCUT2D eigenvalue weighted by Gasteiger charge is 2.33. The van der Waals surface area contributed by atoms with Crippen molar-refractivity contribution in [1.82, 2.24) is 14.7 Å². The van der Waals surface area contributed by atoms with Crippen molar-refractivity contribution in [3.8, 4) is 0 Å². The molecule has 0 bridgehead atoms. The molecule has 0 saturated carbocycles. The first kappa shape index (κ1) is 19.9. The van der Waals surface area contributed by atoms with Gasteiger partial charge in [-0.3, -0.25) is 14.8 Å². The average molecular weight is 386 g/mol. The van der Waals surface area contributed by atoms with Crippen LogP contribution in [-0.2, 0) is 4.74 Å². The zero-order valence-corrected chi connectivity index (χ0v) is 16.4. The van der Waals surface area contributed by atoms with Crippen LogP contribution in [-0.4, -0.2) is 44.4 Å². The van der Waals surface area contributed by atoms with E-state index in [1.165, 1.54) is 12.4 Å². The van der Waals surface area contributed by atoms with Gasteiger partial charge in [-0.2, -0.15) is 5.10 Å². The Balaban J connectivity index is 1.77. The maximum atomic E-state index is 12.3. The highest BCUT2D eigenvalue weighted by molar-refractivity contribution is 5.68. The van der Waals surface area contributed by atoms with Gasteiger partial charge in [0.25, 0.3) is 0 Å². The molecule has 150 valence electrons. The van der Waals surface area contributed by atoms with Crippen molar-refractivity contribution in [2.75, 3.05) is 13.1 Å². The highest BCUT2D eigenvalue weighted by atomic mass is 16.6. The highest BCUT2D eigenvalue weighted by Crippen LogP contribution is 2.34. The Bertz CT molecular complexity index is 820. The van der Waals surface area contributed by atoms with Gasteiger partial charge in [-0.05, 0) is 45.1 Å². The van der Waals surface area contributed by atoms with E-state index < -0.39 is 10.5 Å². The van der Waals surface area contributed by atoms with E-state index >= 15 is 0 Å². The number of hydrogen-bond donors (Lipinski definition) is 0. The number of hydrogen-bond acceptors (Lipinski definition) is 5. The SMILES string of the molecule is CC(C)(C)OC(=O)N1CCC(C(c2ccccc2)n2cc([N+](=O)[O-])cn2)CC1. The van der Waals surface area contributed by atoms with E-state index in [1.54, 1.807) is 9.58 Å². The summed E-state index contributed by atoms with van der Waals surface area (Å²) in [6.07, 6.45) is 4.01. The predicted octanol–water partition coefficient (Wildman–Crippen LogP) is 4.03. The van der Waals surface area contributed by atoms with Crippen LogP contribution in [0.1, 0.15) is 45.2 Å². The van der Waals surface area contributed by atoms with Crippen LogP contribution in [0.5, 0.6) is 0 Å². The molecule has 1 fully saturated rings. The van der Waals surface area contributed by atoms with Gasteiger partial charge in [0.1, 0.15) is 18.0 Å². The Morgan fingerprint density at radius 2 is 1.89 bits per heavy atom. The maximum Gasteiger partial charge on any atom is 0.410 e. The molecule has 1 aliphatic rings. The van der Waals surface area contributed by atoms with E-state index in [2.05, 4.69) is 5.10 Å². The molecule has 0 spiro atoms. The summed E-state index contributed by atoms with van der Waals surface area (Å²) in [6, 6.07) is 9.76. The summed E-state index contributed by atoms with van der Waals surface area (Å²) >= 11 is 0. The van der Waals surface area contributed by atoms with E-state index in [1.807, 2.05) is 51.1 Å². The van der Waals surface area contributed by atoms with Gasteiger partial charge in [-0.15, -0.1) is 0 Å². The fourth-order valence-electron chi connectivity index (χ4n) is 3.59. The lowest BCUT2D eigenvalue weighted by atomic mass is 9.85. The minimum Gasteiger partial charge on any atom is -0.444 e. The van der Waals surface area contributed by atoms with Crippen molar-refractivity contribution in [1.29, 1.82) is 0 Å². The molecule has 1 aromatic heterocycles. The van der Waals surface area contributed by atoms with Gasteiger partial charge in [0, 0.05) is 13.1 Å². The molecule has 0 N–H and O–H groups in total. The summed E-state index contributed by atoms with van der Waals surface area (Å²) < 4.78 is 7.15. The van der Waals surface area contributed by atoms with Crippen LogP contribution >= 0.6 is 0 Å². The number of piperidine rings is 1. The number of amides is 1. The number of nitro groups is 1. The third-order valence-corrected chi connectivity index (χ3v) is 4.86. The Labute approximate surface area is 164 Å². The second kappa shape index (κ2) is 8.00. The lowest BCUT2D eigenvalue weighted by molar-refractivity contribution is -0.385. The molecule has 1 aromatic carbocycles. The van der Waals surface area contributed by atoms with Crippen LogP contribution < -0.4 is 0 Å². The zero-order valence-electron chi connectivity index (χ0n) is 16.4. The number of rotatable bonds is 4. The Kier molecular flexibility index (Phi) is 5.67. The van der Waals surface area contributed by atoms with Gasteiger partial charge < -0.3 is 9.64 Å². The second-order valence-electron chi connectivity index (χ2n) is 8.10. The third-order valence-electron chi connectivity index (χ3n) is 4.86. The standard InChI is InChI=1S/C20H26N4O4/c1-20(2,3)28-19(25)22-11-9-16(10-12-22)18(15-7-5-4-6-8-15)23-14-17(13-21-23)24(26)27/h4-8,13-14,16,18H,9-12H2,1-3H3. The van der Waals surface area contributed by atoms with Crippen molar-refractivity contribution in [3.05, 3.63) is 58.4 Å². The van der Waals surface area contributed by atoms with Crippen LogP contribution in [0, 0.1) is 16.0 Å². The minimum absolute atomic E-state index is 0.0212. The molecule has 1 unspecified atom stereocenters. The molecule has 2 aromatic rings. The molecule has 1 atom stereocenters. The van der Waals surface area contributed by atoms with E-state index in [4.69, 9.17) is 4.74 Å². The number of carbonyl (C=O) groups excluding carboxylic acids is 1. The van der Waals surface area contributed by atoms with Crippen molar-refractivity contribution in [3.63, 3.8) is 0 Å². The molecule has 1 amide bonds. The van der Waals surface area contributed by atoms with Gasteiger partial charge >= 0.3 is 11.8 Å². The first-order valence-electron chi connectivity index (χ1n) is 9.46. The van der Waals surface area contributed by atoms with Crippen LogP contribution in [0.4, 0.5) is 10.5 Å². The summed E-state index contributed by atoms with van der Waals surface area (Å²) in [7, 11) is 0. The van der Waals surface area contributed by atoms with Gasteiger partial charge in [0.05, 0.1) is 11.0 Å². The van der Waals surface area contributed by atoms with Crippen LogP contribution in [0.3, 0.4) is 0 Å². The molecule has 2 heterocycles. The smallest absolute Gasteiger partial charge is 0.410 e. The summed E-state index contributed by atoms with van der Waals surface area (Å²) in [5.41, 5.74) is 0.512. The van der Waals surface area contributed by atoms with Gasteiger partial charge in [0.2, 0.25) is 0 Å². The minimum atomic E-state index is -0.519. The number of likely N-dealkylation sites (tertiary alicyclic amines) is 1. The fraction of sp³-hybridized carbons (Fsp3) is 0.500. The molecule has 0 aliphatic carbocycles. The number of benzene rings is 1. The summed E-state index contributed by atoms with van der Waals surface area (Å²) in [5, 5.41) is 15.3. The van der Waals surface area contributed by atoms with E-state index in [9.17, 15) is 14.9 Å². The second-order valence-corrected chi connectivity index (χ2v) is 8.10. The largest absolute Gasteiger partial charge is 0.444 e. The van der Waals surface area contributed by atoms with Crippen LogP contribution in [0.25, 0.3) is 0 Å². The van der Waals surface area contributed by atoms with E-state index in [-0.39, 0.29) is 23.7 Å². The predicted molar refractivity (Wildman–Crippen MR) is 104 cm³/mol. The van der Waals surface area contributed by atoms with Crippen molar-refractivity contribution in [2.45, 2.75) is 45.3 Å². The molecule has 8 nitrogen and oxygen atoms in total. The summed E-state index contributed by atoms with van der Waals surface area (Å²) in [5.74, 6) is 0.209. The molecule has 0 radical (unpaired) electrons. The molecule has 1 saturated heterocycles. The molecule has 3 rings (SSSR count).